The van der Waals surface area contributed by atoms with Gasteiger partial charge in [0.25, 0.3) is 0 Å². The van der Waals surface area contributed by atoms with Crippen molar-refractivity contribution in [3.05, 3.63) is 172 Å². The summed E-state index contributed by atoms with van der Waals surface area (Å²) in [5.41, 5.74) is 16.9. The molecule has 2 aliphatic rings. The van der Waals surface area contributed by atoms with Crippen LogP contribution in [0, 0.1) is 3.57 Å². The molecular formula is C45H46IN15Sn2. The molecule has 0 saturated carbocycles. The summed E-state index contributed by atoms with van der Waals surface area (Å²) in [6.07, 6.45) is 5.15. The fourth-order valence-electron chi connectivity index (χ4n) is 5.83. The molecule has 0 bridgehead atoms. The van der Waals surface area contributed by atoms with E-state index in [1.165, 1.54) is 10.7 Å². The van der Waals surface area contributed by atoms with Crippen LogP contribution in [0.1, 0.15) is 22.5 Å². The van der Waals surface area contributed by atoms with Gasteiger partial charge < -0.3 is 0 Å². The topological polar surface area (TPSA) is 188 Å². The molecule has 0 unspecified atom stereocenters. The molecule has 63 heavy (non-hydrogen) atoms. The first kappa shape index (κ1) is 45.3. The number of hydrogen-bond acceptors (Lipinski definition) is 15. The monoisotopic (exact) mass is 1160 g/mol. The fraction of sp³-hybridized carbons (Fsp3) is 0.133. The first-order chi connectivity index (χ1) is 30.4. The number of aromatic nitrogens is 7. The van der Waals surface area contributed by atoms with Gasteiger partial charge in [0, 0.05) is 15.3 Å². The number of nitrogens with zero attached hydrogens (tertiary/aromatic N) is 11. The van der Waals surface area contributed by atoms with Crippen molar-refractivity contribution in [3.63, 3.8) is 0 Å². The Kier molecular flexibility index (Phi) is 15.2. The van der Waals surface area contributed by atoms with E-state index in [0.29, 0.717) is 34.8 Å². The van der Waals surface area contributed by atoms with E-state index in [1.807, 2.05) is 78.9 Å². The van der Waals surface area contributed by atoms with Crippen LogP contribution in [-0.2, 0) is 0 Å². The van der Waals surface area contributed by atoms with Gasteiger partial charge in [-0.2, -0.15) is 10.2 Å². The van der Waals surface area contributed by atoms with E-state index in [4.69, 9.17) is 0 Å². The van der Waals surface area contributed by atoms with Crippen LogP contribution in [0.2, 0.25) is 29.6 Å². The van der Waals surface area contributed by atoms with Crippen molar-refractivity contribution < 1.29 is 0 Å². The number of rotatable bonds is 8. The third kappa shape index (κ3) is 12.7. The summed E-state index contributed by atoms with van der Waals surface area (Å²) in [7, 11) is 0. The molecule has 316 valence electrons. The van der Waals surface area contributed by atoms with E-state index in [9.17, 15) is 0 Å². The second kappa shape index (κ2) is 21.1. The number of amidine groups is 4. The molecule has 0 amide bonds. The summed E-state index contributed by atoms with van der Waals surface area (Å²) in [6.45, 7) is 0. The fourth-order valence-corrected chi connectivity index (χ4v) is 12.8. The molecule has 7 aromatic rings. The normalized spacial score (nSPS) is 13.3. The SMILES string of the molecule is Ic1ccc(C2=NNC(c3ccccn3)=NN2)cc1.[CH3][Sn]([CH3])([CH3])[c]1ccc(-c2nnc(-c3ccccn3)nn2)cc1.[CH3][Sn]([CH3])([CH3])[c]1ccc(C2=NNC(c3ccccn3)=NN2)cc1. The predicted octanol–water partition coefficient (Wildman–Crippen LogP) is 6.29. The molecule has 4 aromatic heterocycles. The number of hydrogen-bond donors (Lipinski definition) is 4. The van der Waals surface area contributed by atoms with E-state index in [-0.39, 0.29) is 0 Å². The second-order valence-electron chi connectivity index (χ2n) is 16.1. The van der Waals surface area contributed by atoms with Gasteiger partial charge in [0.15, 0.2) is 11.7 Å². The molecule has 0 atom stereocenters. The van der Waals surface area contributed by atoms with Gasteiger partial charge in [-0.25, -0.2) is 0 Å². The van der Waals surface area contributed by atoms with Gasteiger partial charge in [0.05, 0.1) is 0 Å². The van der Waals surface area contributed by atoms with E-state index in [1.54, 1.807) is 18.6 Å². The molecular weight excluding hydrogens is 1110 g/mol. The van der Waals surface area contributed by atoms with Crippen molar-refractivity contribution >= 4 is 89.8 Å². The standard InChI is InChI=1S/C13H10IN5.C13H10N5.C13H8N5.6CH3.2Sn/c14-10-6-4-9(5-7-10)12-16-18-13(19-17-12)11-3-1-2-8-15-11;2*1-2-6-10(7-3-1)12-15-17-13(18-16-12)11-8-4-5-9-14-11;;;;;;;;/h1-8H,(H,16,17)(H,18,19);2-9H,(H,15,16)(H,17,18);2-9H;6*1H3;;. The van der Waals surface area contributed by atoms with Crippen LogP contribution in [0.25, 0.3) is 22.9 Å². The third-order valence-corrected chi connectivity index (χ3v) is 21.9. The van der Waals surface area contributed by atoms with Gasteiger partial charge in [-0.05, 0) is 46.9 Å². The average Bonchev–Trinajstić information content (AvgIpc) is 3.33. The molecule has 9 rings (SSSR count). The number of pyridine rings is 3. The molecule has 18 heteroatoms. The zero-order chi connectivity index (χ0) is 44.2. The quantitative estimate of drug-likeness (QED) is 0.0991. The summed E-state index contributed by atoms with van der Waals surface area (Å²) < 4.78 is 4.16. The molecule has 0 saturated heterocycles. The Labute approximate surface area is 388 Å². The van der Waals surface area contributed by atoms with Gasteiger partial charge in [-0.15, -0.1) is 0 Å². The molecule has 15 nitrogen and oxygen atoms in total. The van der Waals surface area contributed by atoms with Gasteiger partial charge in [-0.3, -0.25) is 15.8 Å². The Bertz CT molecular complexity index is 2710. The molecule has 2 aliphatic heterocycles. The van der Waals surface area contributed by atoms with Crippen LogP contribution in [-0.4, -0.2) is 95.4 Å². The average molecular weight is 1160 g/mol. The van der Waals surface area contributed by atoms with Gasteiger partial charge >= 0.3 is 268 Å². The van der Waals surface area contributed by atoms with Crippen molar-refractivity contribution in [2.45, 2.75) is 29.6 Å². The van der Waals surface area contributed by atoms with Crippen LogP contribution in [0.4, 0.5) is 0 Å². The number of nitrogens with one attached hydrogen (secondary N) is 4. The van der Waals surface area contributed by atoms with Crippen molar-refractivity contribution in [3.8, 4) is 22.9 Å². The first-order valence-electron chi connectivity index (χ1n) is 20.0. The van der Waals surface area contributed by atoms with E-state index < -0.39 is 36.8 Å². The minimum absolute atomic E-state index is 0.437. The summed E-state index contributed by atoms with van der Waals surface area (Å²) in [4.78, 5) is 27.0. The number of benzene rings is 3. The van der Waals surface area contributed by atoms with Crippen LogP contribution >= 0.6 is 22.6 Å². The second-order valence-corrected chi connectivity index (χ2v) is 46.4. The minimum atomic E-state index is -2.01. The Morgan fingerprint density at radius 2 is 0.714 bits per heavy atom. The van der Waals surface area contributed by atoms with Crippen LogP contribution in [0.15, 0.2) is 166 Å². The van der Waals surface area contributed by atoms with Gasteiger partial charge in [0.2, 0.25) is 0 Å². The van der Waals surface area contributed by atoms with Crippen molar-refractivity contribution in [1.82, 2.24) is 57.0 Å². The molecule has 6 heterocycles. The van der Waals surface area contributed by atoms with Crippen molar-refractivity contribution in [2.75, 3.05) is 0 Å². The van der Waals surface area contributed by atoms with E-state index >= 15 is 0 Å². The van der Waals surface area contributed by atoms with E-state index in [0.717, 1.165) is 33.9 Å². The van der Waals surface area contributed by atoms with Crippen LogP contribution in [0.3, 0.4) is 0 Å². The molecule has 3 aromatic carbocycles. The Hall–Kier alpha value is -5.74. The van der Waals surface area contributed by atoms with Gasteiger partial charge in [0.1, 0.15) is 5.69 Å². The van der Waals surface area contributed by atoms with Crippen LogP contribution in [0.5, 0.6) is 0 Å². The third-order valence-electron chi connectivity index (χ3n) is 9.43. The summed E-state index contributed by atoms with van der Waals surface area (Å²) in [6, 6.07) is 42.0. The molecule has 0 radical (unpaired) electrons. The van der Waals surface area contributed by atoms with Crippen molar-refractivity contribution in [2.24, 2.45) is 20.4 Å². The summed E-state index contributed by atoms with van der Waals surface area (Å²) >= 11 is -1.74. The molecule has 4 N–H and O–H groups in total. The maximum atomic E-state index is 4.35. The van der Waals surface area contributed by atoms with Gasteiger partial charge in [-0.1, -0.05) is 18.2 Å². The maximum absolute atomic E-state index is 4.35. The Balaban J connectivity index is 0.000000142. The number of halogens is 1. The van der Waals surface area contributed by atoms with E-state index in [2.05, 4.69) is 178 Å². The number of hydrazone groups is 4. The Morgan fingerprint density at radius 3 is 1.08 bits per heavy atom. The molecule has 0 aliphatic carbocycles. The molecule has 0 fully saturated rings. The Morgan fingerprint density at radius 1 is 0.365 bits per heavy atom. The zero-order valence-electron chi connectivity index (χ0n) is 35.7. The zero-order valence-corrected chi connectivity index (χ0v) is 43.5. The summed E-state index contributed by atoms with van der Waals surface area (Å²) in [5, 5.41) is 33.8. The first-order valence-corrected chi connectivity index (χ1v) is 41.1. The van der Waals surface area contributed by atoms with Crippen LogP contribution < -0.4 is 28.9 Å². The summed E-state index contributed by atoms with van der Waals surface area (Å²) in [5.74, 6) is 3.61. The predicted molar refractivity (Wildman–Crippen MR) is 265 cm³/mol. The van der Waals surface area contributed by atoms with Crippen molar-refractivity contribution in [1.29, 1.82) is 0 Å². The molecule has 0 spiro atoms.